The van der Waals surface area contributed by atoms with Crippen LogP contribution in [0.5, 0.6) is 0 Å². The SMILES string of the molecule is Cc1cc(C(=O)OC(CN(C)C2CCCCC2)Cn2cnc3c2c(=O)n(C)c(=O)n3C)no1. The lowest BCUT2D eigenvalue weighted by Crippen LogP contribution is -2.42. The van der Waals surface area contributed by atoms with E-state index < -0.39 is 23.3 Å². The van der Waals surface area contributed by atoms with Crippen LogP contribution < -0.4 is 11.2 Å². The first-order chi connectivity index (χ1) is 15.8. The average Bonchev–Trinajstić information content (AvgIpc) is 3.43. The van der Waals surface area contributed by atoms with Crippen LogP contribution in [0.1, 0.15) is 48.4 Å². The fourth-order valence-electron chi connectivity index (χ4n) is 4.55. The number of hydrogen-bond donors (Lipinski definition) is 0. The number of fused-ring (bicyclic) bond motifs is 1. The molecule has 33 heavy (non-hydrogen) atoms. The van der Waals surface area contributed by atoms with Crippen LogP contribution in [0.3, 0.4) is 0 Å². The lowest BCUT2D eigenvalue weighted by Gasteiger charge is -2.33. The lowest BCUT2D eigenvalue weighted by molar-refractivity contribution is 0.0113. The highest BCUT2D eigenvalue weighted by Crippen LogP contribution is 2.22. The normalized spacial score (nSPS) is 15.9. The van der Waals surface area contributed by atoms with Gasteiger partial charge in [-0.15, -0.1) is 0 Å². The molecule has 1 aliphatic rings. The third-order valence-corrected chi connectivity index (χ3v) is 6.42. The molecule has 11 heteroatoms. The molecule has 0 aromatic carbocycles. The predicted molar refractivity (Wildman–Crippen MR) is 120 cm³/mol. The molecule has 1 fully saturated rings. The van der Waals surface area contributed by atoms with Gasteiger partial charge in [-0.1, -0.05) is 24.4 Å². The largest absolute Gasteiger partial charge is 0.454 e. The molecule has 178 valence electrons. The number of aryl methyl sites for hydroxylation is 2. The van der Waals surface area contributed by atoms with E-state index in [-0.39, 0.29) is 12.2 Å². The highest BCUT2D eigenvalue weighted by Gasteiger charge is 2.26. The van der Waals surface area contributed by atoms with E-state index in [4.69, 9.17) is 9.26 Å². The minimum Gasteiger partial charge on any atom is -0.454 e. The summed E-state index contributed by atoms with van der Waals surface area (Å²) in [5, 5.41) is 3.76. The number of aromatic nitrogens is 5. The van der Waals surface area contributed by atoms with Crippen LogP contribution in [0, 0.1) is 6.92 Å². The molecule has 3 aromatic heterocycles. The number of imidazole rings is 1. The Morgan fingerprint density at radius 3 is 2.64 bits per heavy atom. The van der Waals surface area contributed by atoms with Crippen molar-refractivity contribution in [2.75, 3.05) is 13.6 Å². The van der Waals surface area contributed by atoms with Crippen molar-refractivity contribution in [3.63, 3.8) is 0 Å². The number of ether oxygens (including phenoxy) is 1. The van der Waals surface area contributed by atoms with Crippen molar-refractivity contribution in [2.24, 2.45) is 14.1 Å². The lowest BCUT2D eigenvalue weighted by atomic mass is 9.94. The molecule has 3 heterocycles. The van der Waals surface area contributed by atoms with E-state index in [1.807, 2.05) is 7.05 Å². The summed E-state index contributed by atoms with van der Waals surface area (Å²) in [6.07, 6.45) is 6.78. The van der Waals surface area contributed by atoms with E-state index in [2.05, 4.69) is 15.0 Å². The molecule has 1 saturated carbocycles. The maximum absolute atomic E-state index is 12.8. The third kappa shape index (κ3) is 4.63. The molecular formula is C22H30N6O5. The molecular weight excluding hydrogens is 428 g/mol. The molecule has 1 atom stereocenters. The summed E-state index contributed by atoms with van der Waals surface area (Å²) >= 11 is 0. The second-order valence-corrected chi connectivity index (χ2v) is 8.86. The number of likely N-dealkylation sites (N-methyl/N-ethyl adjacent to an activating group) is 1. The highest BCUT2D eigenvalue weighted by molar-refractivity contribution is 5.87. The van der Waals surface area contributed by atoms with Crippen LogP contribution >= 0.6 is 0 Å². The van der Waals surface area contributed by atoms with Crippen molar-refractivity contribution in [2.45, 2.75) is 57.7 Å². The number of nitrogens with zero attached hydrogens (tertiary/aromatic N) is 6. The zero-order chi connectivity index (χ0) is 23.7. The van der Waals surface area contributed by atoms with Gasteiger partial charge in [0, 0.05) is 32.7 Å². The molecule has 11 nitrogen and oxygen atoms in total. The Balaban J connectivity index is 1.63. The second kappa shape index (κ2) is 9.34. The molecule has 1 unspecified atom stereocenters. The van der Waals surface area contributed by atoms with Gasteiger partial charge in [-0.05, 0) is 26.8 Å². The summed E-state index contributed by atoms with van der Waals surface area (Å²) in [6, 6.07) is 1.95. The average molecular weight is 459 g/mol. The van der Waals surface area contributed by atoms with Crippen molar-refractivity contribution in [3.8, 4) is 0 Å². The van der Waals surface area contributed by atoms with E-state index in [9.17, 15) is 14.4 Å². The second-order valence-electron chi connectivity index (χ2n) is 8.86. The molecule has 3 aromatic rings. The predicted octanol–water partition coefficient (Wildman–Crippen LogP) is 1.22. The molecule has 0 amide bonds. The summed E-state index contributed by atoms with van der Waals surface area (Å²) in [5.74, 6) is -0.0681. The van der Waals surface area contributed by atoms with Crippen molar-refractivity contribution in [1.29, 1.82) is 0 Å². The molecule has 0 radical (unpaired) electrons. The number of hydrogen-bond acceptors (Lipinski definition) is 8. The standard InChI is InChI=1S/C22H30N6O5/c1-14-10-17(24-33-14)21(30)32-16(11-25(2)15-8-6-5-7-9-15)12-28-13-23-19-18(28)20(29)27(4)22(31)26(19)3/h10,13,15-16H,5-9,11-12H2,1-4H3. The van der Waals surface area contributed by atoms with Crippen molar-refractivity contribution < 1.29 is 14.1 Å². The number of carbonyl (C=O) groups excluding carboxylic acids is 1. The Morgan fingerprint density at radius 2 is 1.97 bits per heavy atom. The highest BCUT2D eigenvalue weighted by atomic mass is 16.5. The van der Waals surface area contributed by atoms with E-state index in [0.717, 1.165) is 17.4 Å². The van der Waals surface area contributed by atoms with Gasteiger partial charge < -0.3 is 13.8 Å². The third-order valence-electron chi connectivity index (χ3n) is 6.42. The van der Waals surface area contributed by atoms with Gasteiger partial charge in [-0.25, -0.2) is 14.6 Å². The Bertz CT molecular complexity index is 1260. The van der Waals surface area contributed by atoms with Crippen LogP contribution in [0.25, 0.3) is 11.2 Å². The van der Waals surface area contributed by atoms with E-state index in [0.29, 0.717) is 29.5 Å². The van der Waals surface area contributed by atoms with Crippen LogP contribution in [0.15, 0.2) is 26.5 Å². The fraction of sp³-hybridized carbons (Fsp3) is 0.591. The molecule has 1 aliphatic carbocycles. The van der Waals surface area contributed by atoms with E-state index >= 15 is 0 Å². The van der Waals surface area contributed by atoms with E-state index in [1.54, 1.807) is 18.5 Å². The summed E-state index contributed by atoms with van der Waals surface area (Å²) < 4.78 is 14.9. The first-order valence-electron chi connectivity index (χ1n) is 11.2. The zero-order valence-corrected chi connectivity index (χ0v) is 19.5. The quantitative estimate of drug-likeness (QED) is 0.485. The molecule has 0 bridgehead atoms. The molecule has 4 rings (SSSR count). The first-order valence-corrected chi connectivity index (χ1v) is 11.2. The number of esters is 1. The number of carbonyl (C=O) groups is 1. The maximum Gasteiger partial charge on any atom is 0.360 e. The topological polar surface area (TPSA) is 117 Å². The van der Waals surface area contributed by atoms with Gasteiger partial charge in [0.25, 0.3) is 5.56 Å². The van der Waals surface area contributed by atoms with Gasteiger partial charge >= 0.3 is 11.7 Å². The molecule has 0 aliphatic heterocycles. The Labute approximate surface area is 190 Å². The minimum absolute atomic E-state index is 0.103. The van der Waals surface area contributed by atoms with Crippen molar-refractivity contribution in [1.82, 2.24) is 28.7 Å². The van der Waals surface area contributed by atoms with Gasteiger partial charge in [0.1, 0.15) is 11.9 Å². The van der Waals surface area contributed by atoms with Crippen molar-refractivity contribution in [3.05, 3.63) is 44.7 Å². The summed E-state index contributed by atoms with van der Waals surface area (Å²) in [4.78, 5) is 44.3. The van der Waals surface area contributed by atoms with Gasteiger partial charge in [0.2, 0.25) is 0 Å². The van der Waals surface area contributed by atoms with Gasteiger partial charge in [0.05, 0.1) is 12.9 Å². The Morgan fingerprint density at radius 1 is 1.24 bits per heavy atom. The first kappa shape index (κ1) is 23.0. The Kier molecular flexibility index (Phi) is 6.50. The smallest absolute Gasteiger partial charge is 0.360 e. The molecule has 0 N–H and O–H groups in total. The van der Waals surface area contributed by atoms with Crippen LogP contribution in [0.4, 0.5) is 0 Å². The molecule has 0 spiro atoms. The van der Waals surface area contributed by atoms with Crippen LogP contribution in [-0.4, -0.2) is 60.4 Å². The van der Waals surface area contributed by atoms with Crippen LogP contribution in [0.2, 0.25) is 0 Å². The molecule has 0 saturated heterocycles. The summed E-state index contributed by atoms with van der Waals surface area (Å²) in [5.41, 5.74) is -0.201. The van der Waals surface area contributed by atoms with E-state index in [1.165, 1.54) is 43.3 Å². The summed E-state index contributed by atoms with van der Waals surface area (Å²) in [6.45, 7) is 2.40. The van der Waals surface area contributed by atoms with Gasteiger partial charge in [-0.2, -0.15) is 0 Å². The van der Waals surface area contributed by atoms with Gasteiger partial charge in [0.15, 0.2) is 16.9 Å². The fourth-order valence-corrected chi connectivity index (χ4v) is 4.55. The summed E-state index contributed by atoms with van der Waals surface area (Å²) in [7, 11) is 5.04. The number of rotatable bonds is 7. The van der Waals surface area contributed by atoms with Crippen LogP contribution in [-0.2, 0) is 25.4 Å². The van der Waals surface area contributed by atoms with Gasteiger partial charge in [-0.3, -0.25) is 18.8 Å². The maximum atomic E-state index is 12.8. The van der Waals surface area contributed by atoms with Crippen molar-refractivity contribution >= 4 is 17.1 Å². The minimum atomic E-state index is -0.585. The Hall–Kier alpha value is -3.21. The zero-order valence-electron chi connectivity index (χ0n) is 19.5. The monoisotopic (exact) mass is 458 g/mol.